The molecule has 2 rings (SSSR count). The highest BCUT2D eigenvalue weighted by atomic mass is 127. The fourth-order valence-corrected chi connectivity index (χ4v) is 4.02. The Hall–Kier alpha value is -0.390. The normalized spacial score (nSPS) is 23.8. The van der Waals surface area contributed by atoms with E-state index in [1.165, 1.54) is 0 Å². The molecule has 0 amide bonds. The van der Waals surface area contributed by atoms with Gasteiger partial charge in [-0.1, -0.05) is 52.9 Å². The summed E-state index contributed by atoms with van der Waals surface area (Å²) in [4.78, 5) is 0. The van der Waals surface area contributed by atoms with Crippen molar-refractivity contribution in [1.82, 2.24) is 4.31 Å². The van der Waals surface area contributed by atoms with Crippen molar-refractivity contribution in [1.29, 1.82) is 0 Å². The summed E-state index contributed by atoms with van der Waals surface area (Å²) in [5.74, 6) is 0. The molecule has 1 fully saturated rings. The largest absolute Gasteiger partial charge is 0.511 e. The van der Waals surface area contributed by atoms with Gasteiger partial charge in [-0.15, -0.1) is 0 Å². The number of nitrogens with zero attached hydrogens (tertiary/aromatic N) is 1. The summed E-state index contributed by atoms with van der Waals surface area (Å²) in [5.41, 5.74) is -4.28. The van der Waals surface area contributed by atoms with E-state index in [2.05, 4.69) is 0 Å². The molecule has 1 unspecified atom stereocenters. The predicted octanol–water partition coefficient (Wildman–Crippen LogP) is 2.54. The third kappa shape index (κ3) is 4.08. The first-order valence-electron chi connectivity index (χ1n) is 6.07. The monoisotopic (exact) mass is 435 g/mol. The van der Waals surface area contributed by atoms with E-state index in [9.17, 15) is 21.6 Å². The number of benzene rings is 1. The number of hydrogen-bond acceptors (Lipinski definition) is 3. The molecule has 1 aliphatic heterocycles. The van der Waals surface area contributed by atoms with Crippen LogP contribution in [-0.2, 0) is 21.4 Å². The molecule has 0 radical (unpaired) electrons. The molecule has 118 valence electrons. The molecule has 1 saturated heterocycles. The minimum absolute atomic E-state index is 0.107. The topological polar surface area (TPSA) is 46.4 Å². The number of hydrogen-bond donors (Lipinski definition) is 0. The average Bonchev–Trinajstić information content (AvgIpc) is 3.19. The molecule has 1 aromatic carbocycles. The molecular weight excluding hydrogens is 422 g/mol. The van der Waals surface area contributed by atoms with E-state index in [-0.39, 0.29) is 17.1 Å². The number of rotatable bonds is 6. The molecule has 1 aliphatic rings. The van der Waals surface area contributed by atoms with Crippen molar-refractivity contribution < 1.29 is 26.3 Å². The van der Waals surface area contributed by atoms with Crippen molar-refractivity contribution in [2.45, 2.75) is 22.1 Å². The van der Waals surface area contributed by atoms with Gasteiger partial charge in [-0.2, -0.15) is 17.5 Å². The Labute approximate surface area is 134 Å². The molecule has 0 aromatic heterocycles. The van der Waals surface area contributed by atoms with Gasteiger partial charge >= 0.3 is 15.5 Å². The second kappa shape index (κ2) is 6.39. The van der Waals surface area contributed by atoms with Gasteiger partial charge in [0.25, 0.3) is 0 Å². The third-order valence-corrected chi connectivity index (χ3v) is 5.82. The molecule has 9 heteroatoms. The Bertz CT molecular complexity index is 579. The van der Waals surface area contributed by atoms with Crippen molar-refractivity contribution in [3.63, 3.8) is 0 Å². The zero-order valence-electron chi connectivity index (χ0n) is 10.8. The molecule has 1 aromatic rings. The van der Waals surface area contributed by atoms with Gasteiger partial charge in [0.2, 0.25) is 0 Å². The first-order valence-corrected chi connectivity index (χ1v) is 8.76. The zero-order valence-corrected chi connectivity index (χ0v) is 13.7. The Kier molecular flexibility index (Phi) is 5.16. The van der Waals surface area contributed by atoms with Crippen LogP contribution < -0.4 is 0 Å². The minimum Gasteiger partial charge on any atom is -0.376 e. The summed E-state index contributed by atoms with van der Waals surface area (Å²) in [6.45, 7) is 0.438. The smallest absolute Gasteiger partial charge is 0.376 e. The van der Waals surface area contributed by atoms with Crippen LogP contribution >= 0.6 is 22.6 Å². The molecule has 0 saturated carbocycles. The van der Waals surface area contributed by atoms with Gasteiger partial charge in [0, 0.05) is 6.54 Å². The van der Waals surface area contributed by atoms with Gasteiger partial charge < -0.3 is 4.74 Å². The second-order valence-corrected chi connectivity index (χ2v) is 8.09. The lowest BCUT2D eigenvalue weighted by Gasteiger charge is -2.13. The maximum atomic E-state index is 12.4. The van der Waals surface area contributed by atoms with Crippen molar-refractivity contribution in [3.05, 3.63) is 35.9 Å². The first-order chi connectivity index (χ1) is 9.73. The fourth-order valence-electron chi connectivity index (χ4n) is 1.82. The van der Waals surface area contributed by atoms with Gasteiger partial charge in [-0.3, -0.25) is 0 Å². The molecular formula is C12H13F3INO3S. The Morgan fingerprint density at radius 2 is 1.95 bits per heavy atom. The van der Waals surface area contributed by atoms with Gasteiger partial charge in [-0.05, 0) is 5.56 Å². The van der Waals surface area contributed by atoms with Gasteiger partial charge in [0.15, 0.2) is 0 Å². The van der Waals surface area contributed by atoms with E-state index in [4.69, 9.17) is 4.74 Å². The van der Waals surface area contributed by atoms with Gasteiger partial charge in [0.05, 0.1) is 23.2 Å². The zero-order chi connectivity index (χ0) is 15.7. The highest BCUT2D eigenvalue weighted by Crippen LogP contribution is 2.37. The summed E-state index contributed by atoms with van der Waals surface area (Å²) in [6.07, 6.45) is 0. The molecule has 0 N–H and O–H groups in total. The highest BCUT2D eigenvalue weighted by Gasteiger charge is 2.59. The molecule has 4 nitrogen and oxygen atoms in total. The quantitative estimate of drug-likeness (QED) is 0.392. The molecule has 0 bridgehead atoms. The number of alkyl halides is 4. The molecule has 3 atom stereocenters. The van der Waals surface area contributed by atoms with Gasteiger partial charge in [-0.25, -0.2) is 8.42 Å². The number of ether oxygens (including phenoxy) is 1. The van der Waals surface area contributed by atoms with Crippen molar-refractivity contribution >= 4 is 32.6 Å². The highest BCUT2D eigenvalue weighted by molar-refractivity contribution is 14.1. The van der Waals surface area contributed by atoms with Crippen LogP contribution in [0.25, 0.3) is 0 Å². The van der Waals surface area contributed by atoms with Crippen LogP contribution in [0.15, 0.2) is 30.3 Å². The SMILES string of the molecule is O=S(=O)(N1C[C@@H]1[C@H](I)COCc1ccccc1)C(F)(F)F. The first kappa shape index (κ1) is 17.0. The summed E-state index contributed by atoms with van der Waals surface area (Å²) < 4.78 is 65.0. The number of halogens is 4. The summed E-state index contributed by atoms with van der Waals surface area (Å²) in [7, 11) is -5.20. The lowest BCUT2D eigenvalue weighted by Crippen LogP contribution is -2.32. The Morgan fingerprint density at radius 1 is 1.33 bits per heavy atom. The van der Waals surface area contributed by atoms with Crippen LogP contribution in [0.5, 0.6) is 0 Å². The molecule has 21 heavy (non-hydrogen) atoms. The van der Waals surface area contributed by atoms with E-state index < -0.39 is 21.6 Å². The predicted molar refractivity (Wildman–Crippen MR) is 79.4 cm³/mol. The average molecular weight is 435 g/mol. The maximum absolute atomic E-state index is 12.4. The van der Waals surface area contributed by atoms with Crippen LogP contribution in [0.3, 0.4) is 0 Å². The van der Waals surface area contributed by atoms with E-state index in [1.54, 1.807) is 0 Å². The fraction of sp³-hybridized carbons (Fsp3) is 0.500. The number of sulfonamides is 1. The maximum Gasteiger partial charge on any atom is 0.511 e. The van der Waals surface area contributed by atoms with Crippen LogP contribution in [0, 0.1) is 0 Å². The lowest BCUT2D eigenvalue weighted by molar-refractivity contribution is -0.0467. The molecule has 1 heterocycles. The lowest BCUT2D eigenvalue weighted by atomic mass is 10.2. The van der Waals surface area contributed by atoms with E-state index in [0.717, 1.165) is 5.56 Å². The molecule has 0 aliphatic carbocycles. The van der Waals surface area contributed by atoms with E-state index in [1.807, 2.05) is 52.9 Å². The van der Waals surface area contributed by atoms with E-state index in [0.29, 0.717) is 10.9 Å². The summed E-state index contributed by atoms with van der Waals surface area (Å²) in [6, 6.07) is 8.69. The summed E-state index contributed by atoms with van der Waals surface area (Å²) >= 11 is 1.92. The van der Waals surface area contributed by atoms with Crippen LogP contribution in [0.2, 0.25) is 0 Å². The molecule has 0 spiro atoms. The van der Waals surface area contributed by atoms with Crippen molar-refractivity contribution in [2.75, 3.05) is 13.2 Å². The van der Waals surface area contributed by atoms with Crippen LogP contribution in [-0.4, -0.2) is 41.3 Å². The third-order valence-electron chi connectivity index (χ3n) is 3.01. The standard InChI is InChI=1S/C12H13F3INO3S/c13-12(14,15)21(18,19)17-6-11(17)10(16)8-20-7-9-4-2-1-3-5-9/h1-5,10-11H,6-8H2/t10-,11-,17?/m1/s1. The van der Waals surface area contributed by atoms with Crippen LogP contribution in [0.4, 0.5) is 13.2 Å². The van der Waals surface area contributed by atoms with Crippen molar-refractivity contribution in [2.24, 2.45) is 0 Å². The van der Waals surface area contributed by atoms with Crippen LogP contribution in [0.1, 0.15) is 5.56 Å². The summed E-state index contributed by atoms with van der Waals surface area (Å²) in [5, 5.41) is 0. The van der Waals surface area contributed by atoms with Crippen molar-refractivity contribution in [3.8, 4) is 0 Å². The second-order valence-electron chi connectivity index (χ2n) is 4.60. The Morgan fingerprint density at radius 3 is 2.52 bits per heavy atom. The van der Waals surface area contributed by atoms with Gasteiger partial charge in [0.1, 0.15) is 0 Å². The Balaban J connectivity index is 1.80. The minimum atomic E-state index is -5.23. The van der Waals surface area contributed by atoms with E-state index >= 15 is 0 Å².